The number of benzene rings is 1. The molecule has 4 nitrogen and oxygen atoms in total. The fraction of sp³-hybridized carbons (Fsp3) is 0.375. The van der Waals surface area contributed by atoms with Crippen molar-refractivity contribution in [3.05, 3.63) is 46.1 Å². The van der Waals surface area contributed by atoms with E-state index in [1.54, 1.807) is 12.1 Å². The molecule has 0 fully saturated rings. The summed E-state index contributed by atoms with van der Waals surface area (Å²) < 4.78 is 38.2. The van der Waals surface area contributed by atoms with Gasteiger partial charge in [0, 0.05) is 11.3 Å². The molecule has 1 aromatic rings. The minimum absolute atomic E-state index is 0.0304. The van der Waals surface area contributed by atoms with Crippen LogP contribution in [0.5, 0.6) is 0 Å². The molecule has 1 aliphatic rings. The van der Waals surface area contributed by atoms with Gasteiger partial charge in [-0.05, 0) is 37.8 Å². The number of nitrogens with one attached hydrogen (secondary N) is 2. The summed E-state index contributed by atoms with van der Waals surface area (Å²) in [4.78, 5) is 23.7. The van der Waals surface area contributed by atoms with Crippen LogP contribution in [0.15, 0.2) is 35.5 Å². The summed E-state index contributed by atoms with van der Waals surface area (Å²) in [5, 5.41) is 0.221. The zero-order valence-electron chi connectivity index (χ0n) is 12.7. The van der Waals surface area contributed by atoms with E-state index in [9.17, 15) is 22.8 Å². The highest BCUT2D eigenvalue weighted by Crippen LogP contribution is 2.29. The van der Waals surface area contributed by atoms with Crippen molar-refractivity contribution in [3.8, 4) is 0 Å². The predicted molar refractivity (Wildman–Crippen MR) is 83.2 cm³/mol. The third kappa shape index (κ3) is 4.50. The molecule has 130 valence electrons. The SMILES string of the molecule is O=C(NNC1=C(C(=O)C(F)(F)F)CCCCC1)c1ccccc1Cl. The van der Waals surface area contributed by atoms with Crippen LogP contribution in [-0.4, -0.2) is 17.9 Å². The molecule has 1 amide bonds. The number of hydrogen-bond donors (Lipinski definition) is 2. The fourth-order valence-electron chi connectivity index (χ4n) is 2.49. The zero-order valence-corrected chi connectivity index (χ0v) is 13.4. The number of halogens is 4. The van der Waals surface area contributed by atoms with E-state index in [1.165, 1.54) is 12.1 Å². The molecule has 2 N–H and O–H groups in total. The molecule has 0 unspecified atom stereocenters. The summed E-state index contributed by atoms with van der Waals surface area (Å²) in [5.74, 6) is -2.45. The van der Waals surface area contributed by atoms with Crippen molar-refractivity contribution in [2.75, 3.05) is 0 Å². The fourth-order valence-corrected chi connectivity index (χ4v) is 2.71. The van der Waals surface area contributed by atoms with Gasteiger partial charge in [-0.1, -0.05) is 30.2 Å². The molecular formula is C16H16ClF3N2O2. The maximum Gasteiger partial charge on any atom is 0.454 e. The monoisotopic (exact) mass is 360 g/mol. The molecule has 0 radical (unpaired) electrons. The van der Waals surface area contributed by atoms with Gasteiger partial charge < -0.3 is 5.43 Å². The summed E-state index contributed by atoms with van der Waals surface area (Å²) >= 11 is 5.90. The van der Waals surface area contributed by atoms with Crippen molar-refractivity contribution in [3.63, 3.8) is 0 Å². The summed E-state index contributed by atoms with van der Waals surface area (Å²) in [6, 6.07) is 6.29. The quantitative estimate of drug-likeness (QED) is 0.800. The predicted octanol–water partition coefficient (Wildman–Crippen LogP) is 3.92. The summed E-state index contributed by atoms with van der Waals surface area (Å²) in [5.41, 5.74) is 4.79. The van der Waals surface area contributed by atoms with E-state index >= 15 is 0 Å². The Morgan fingerprint density at radius 3 is 2.38 bits per heavy atom. The molecule has 0 aliphatic heterocycles. The number of carbonyl (C=O) groups is 2. The Morgan fingerprint density at radius 2 is 1.71 bits per heavy atom. The highest BCUT2D eigenvalue weighted by molar-refractivity contribution is 6.33. The molecule has 0 heterocycles. The zero-order chi connectivity index (χ0) is 17.7. The molecule has 0 atom stereocenters. The van der Waals surface area contributed by atoms with Crippen molar-refractivity contribution in [2.24, 2.45) is 0 Å². The molecule has 1 aromatic carbocycles. The number of rotatable bonds is 4. The standard InChI is InChI=1S/C16H16ClF3N2O2/c17-12-8-5-4-6-10(12)15(24)22-21-13-9-3-1-2-7-11(13)14(23)16(18,19)20/h4-6,8,21H,1-3,7,9H2,(H,22,24). The Hall–Kier alpha value is -2.02. The number of hydrogen-bond acceptors (Lipinski definition) is 3. The van der Waals surface area contributed by atoms with Gasteiger partial charge in [0.15, 0.2) is 0 Å². The van der Waals surface area contributed by atoms with Crippen LogP contribution in [0.4, 0.5) is 13.2 Å². The first kappa shape index (κ1) is 18.3. The van der Waals surface area contributed by atoms with Crippen LogP contribution in [0.2, 0.25) is 5.02 Å². The molecular weight excluding hydrogens is 345 g/mol. The Bertz CT molecular complexity index is 672. The van der Waals surface area contributed by atoms with Gasteiger partial charge in [0.1, 0.15) is 0 Å². The number of allylic oxidation sites excluding steroid dienone is 2. The number of carbonyl (C=O) groups excluding carboxylic acids is 2. The number of alkyl halides is 3. The van der Waals surface area contributed by atoms with Gasteiger partial charge in [-0.25, -0.2) is 0 Å². The van der Waals surface area contributed by atoms with Crippen LogP contribution in [0.25, 0.3) is 0 Å². The van der Waals surface area contributed by atoms with E-state index < -0.39 is 17.9 Å². The third-order valence-corrected chi connectivity index (χ3v) is 4.02. The molecule has 8 heteroatoms. The van der Waals surface area contributed by atoms with Crippen LogP contribution in [0.3, 0.4) is 0 Å². The minimum atomic E-state index is -4.93. The summed E-state index contributed by atoms with van der Waals surface area (Å²) in [7, 11) is 0. The molecule has 0 saturated heterocycles. The van der Waals surface area contributed by atoms with E-state index in [4.69, 9.17) is 11.6 Å². The first-order valence-electron chi connectivity index (χ1n) is 7.45. The highest BCUT2D eigenvalue weighted by atomic mass is 35.5. The molecule has 2 rings (SSSR count). The van der Waals surface area contributed by atoms with Crippen LogP contribution >= 0.6 is 11.6 Å². The lowest BCUT2D eigenvalue weighted by Crippen LogP contribution is -2.39. The van der Waals surface area contributed by atoms with Crippen molar-refractivity contribution >= 4 is 23.3 Å². The van der Waals surface area contributed by atoms with Gasteiger partial charge in [0.25, 0.3) is 11.7 Å². The highest BCUT2D eigenvalue weighted by Gasteiger charge is 2.41. The molecule has 0 aromatic heterocycles. The maximum absolute atomic E-state index is 12.7. The van der Waals surface area contributed by atoms with Crippen molar-refractivity contribution in [2.45, 2.75) is 38.3 Å². The van der Waals surface area contributed by atoms with Gasteiger partial charge in [0.05, 0.1) is 10.6 Å². The van der Waals surface area contributed by atoms with Crippen LogP contribution in [0, 0.1) is 0 Å². The van der Waals surface area contributed by atoms with Gasteiger partial charge in [-0.2, -0.15) is 13.2 Å². The van der Waals surface area contributed by atoms with E-state index in [1.807, 2.05) is 0 Å². The van der Waals surface area contributed by atoms with Gasteiger partial charge in [0.2, 0.25) is 0 Å². The molecule has 1 aliphatic carbocycles. The largest absolute Gasteiger partial charge is 0.454 e. The van der Waals surface area contributed by atoms with Crippen molar-refractivity contribution in [1.29, 1.82) is 0 Å². The number of ketones is 1. The Labute approximate surface area is 142 Å². The van der Waals surface area contributed by atoms with Gasteiger partial charge in [-0.15, -0.1) is 0 Å². The lowest BCUT2D eigenvalue weighted by atomic mass is 10.0. The molecule has 24 heavy (non-hydrogen) atoms. The van der Waals surface area contributed by atoms with Gasteiger partial charge in [-0.3, -0.25) is 15.0 Å². The van der Waals surface area contributed by atoms with Crippen LogP contribution in [-0.2, 0) is 4.79 Å². The van der Waals surface area contributed by atoms with E-state index in [2.05, 4.69) is 10.9 Å². The molecule has 0 spiro atoms. The number of amides is 1. The van der Waals surface area contributed by atoms with Gasteiger partial charge >= 0.3 is 6.18 Å². The molecule has 0 saturated carbocycles. The second kappa shape index (κ2) is 7.70. The van der Waals surface area contributed by atoms with Crippen LogP contribution in [0.1, 0.15) is 42.5 Å². The minimum Gasteiger partial charge on any atom is -0.302 e. The van der Waals surface area contributed by atoms with Crippen molar-refractivity contribution < 1.29 is 22.8 Å². The van der Waals surface area contributed by atoms with E-state index in [-0.39, 0.29) is 34.7 Å². The molecule has 0 bridgehead atoms. The summed E-state index contributed by atoms with van der Waals surface area (Å²) in [6.07, 6.45) is -2.78. The third-order valence-electron chi connectivity index (χ3n) is 3.69. The Kier molecular flexibility index (Phi) is 5.88. The average Bonchev–Trinajstić information content (AvgIpc) is 2.76. The lowest BCUT2D eigenvalue weighted by Gasteiger charge is -2.16. The first-order valence-corrected chi connectivity index (χ1v) is 7.83. The van der Waals surface area contributed by atoms with Crippen molar-refractivity contribution in [1.82, 2.24) is 10.9 Å². The normalized spacial score (nSPS) is 15.7. The van der Waals surface area contributed by atoms with E-state index in [0.29, 0.717) is 12.8 Å². The summed E-state index contributed by atoms with van der Waals surface area (Å²) in [6.45, 7) is 0. The van der Waals surface area contributed by atoms with Crippen LogP contribution < -0.4 is 10.9 Å². The Morgan fingerprint density at radius 1 is 1.04 bits per heavy atom. The number of Topliss-reactive ketones (excluding diaryl/α,β-unsaturated/α-hetero) is 1. The Balaban J connectivity index is 2.17. The first-order chi connectivity index (χ1) is 11.3. The smallest absolute Gasteiger partial charge is 0.302 e. The second-order valence-electron chi connectivity index (χ2n) is 5.40. The van der Waals surface area contributed by atoms with E-state index in [0.717, 1.165) is 6.42 Å². The lowest BCUT2D eigenvalue weighted by molar-refractivity contribution is -0.166. The maximum atomic E-state index is 12.7. The topological polar surface area (TPSA) is 58.2 Å². The second-order valence-corrected chi connectivity index (χ2v) is 5.81. The number of hydrazine groups is 1. The average molecular weight is 361 g/mol.